The van der Waals surface area contributed by atoms with Gasteiger partial charge in [0.2, 0.25) is 5.91 Å². The highest BCUT2D eigenvalue weighted by atomic mass is 16.2. The number of carbonyl (C=O) groups excluding carboxylic acids is 2. The van der Waals surface area contributed by atoms with E-state index in [1.54, 1.807) is 20.8 Å². The first-order chi connectivity index (χ1) is 5.00. The first-order valence-corrected chi connectivity index (χ1v) is 3.83. The van der Waals surface area contributed by atoms with Crippen LogP contribution in [0.25, 0.3) is 0 Å². The molecule has 0 rings (SSSR count). The topological polar surface area (TPSA) is 60.2 Å². The van der Waals surface area contributed by atoms with Gasteiger partial charge in [-0.3, -0.25) is 9.59 Å². The Hall–Kier alpha value is -0.860. The highest BCUT2D eigenvalue weighted by Crippen LogP contribution is 2.09. The van der Waals surface area contributed by atoms with Gasteiger partial charge in [0, 0.05) is 5.92 Å². The molecule has 1 unspecified atom stereocenters. The van der Waals surface area contributed by atoms with Gasteiger partial charge < -0.3 is 5.73 Å². The Kier molecular flexibility index (Phi) is 3.79. The van der Waals surface area contributed by atoms with E-state index in [9.17, 15) is 9.59 Å². The summed E-state index contributed by atoms with van der Waals surface area (Å²) in [5, 5.41) is 0. The largest absolute Gasteiger partial charge is 0.369 e. The van der Waals surface area contributed by atoms with Crippen molar-refractivity contribution >= 4 is 11.7 Å². The molecule has 3 nitrogen and oxygen atoms in total. The van der Waals surface area contributed by atoms with Crippen molar-refractivity contribution in [2.75, 3.05) is 0 Å². The van der Waals surface area contributed by atoms with E-state index in [0.29, 0.717) is 6.42 Å². The molecule has 0 aromatic carbocycles. The molecule has 0 saturated carbocycles. The van der Waals surface area contributed by atoms with Crippen LogP contribution in [0.15, 0.2) is 0 Å². The van der Waals surface area contributed by atoms with Crippen LogP contribution in [0.1, 0.15) is 27.2 Å². The highest BCUT2D eigenvalue weighted by molar-refractivity contribution is 6.01. The normalized spacial score (nSPS) is 13.1. The van der Waals surface area contributed by atoms with Crippen LogP contribution >= 0.6 is 0 Å². The molecule has 0 spiro atoms. The van der Waals surface area contributed by atoms with Crippen LogP contribution in [-0.4, -0.2) is 11.7 Å². The van der Waals surface area contributed by atoms with Gasteiger partial charge in [0.15, 0.2) is 0 Å². The minimum absolute atomic E-state index is 0.0556. The smallest absolute Gasteiger partial charge is 0.227 e. The van der Waals surface area contributed by atoms with Gasteiger partial charge in [-0.15, -0.1) is 0 Å². The second-order valence-electron chi connectivity index (χ2n) is 2.92. The maximum Gasteiger partial charge on any atom is 0.227 e. The molecule has 0 fully saturated rings. The Morgan fingerprint density at radius 3 is 1.91 bits per heavy atom. The van der Waals surface area contributed by atoms with Gasteiger partial charge in [-0.05, 0) is 6.42 Å². The molecule has 0 bridgehead atoms. The van der Waals surface area contributed by atoms with Crippen LogP contribution < -0.4 is 5.73 Å². The summed E-state index contributed by atoms with van der Waals surface area (Å²) in [5.41, 5.74) is 5.03. The number of hydrogen-bond donors (Lipinski definition) is 1. The zero-order valence-electron chi connectivity index (χ0n) is 7.26. The summed E-state index contributed by atoms with van der Waals surface area (Å²) in [6.45, 7) is 5.33. The van der Waals surface area contributed by atoms with Crippen LogP contribution in [0.5, 0.6) is 0 Å². The van der Waals surface area contributed by atoms with Crippen molar-refractivity contribution in [2.24, 2.45) is 17.6 Å². The zero-order valence-corrected chi connectivity index (χ0v) is 7.26. The predicted octanol–water partition coefficient (Wildman–Crippen LogP) is 0.723. The van der Waals surface area contributed by atoms with Crippen molar-refractivity contribution in [3.8, 4) is 0 Å². The Bertz CT molecular complexity index is 163. The lowest BCUT2D eigenvalue weighted by molar-refractivity contribution is -0.134. The third-order valence-corrected chi connectivity index (χ3v) is 1.66. The Labute approximate surface area is 67.0 Å². The number of amides is 1. The van der Waals surface area contributed by atoms with Crippen molar-refractivity contribution < 1.29 is 9.59 Å². The van der Waals surface area contributed by atoms with Gasteiger partial charge in [0.05, 0.1) is 5.92 Å². The van der Waals surface area contributed by atoms with Gasteiger partial charge >= 0.3 is 0 Å². The number of carbonyl (C=O) groups is 2. The SMILES string of the molecule is CCC(C(N)=O)C(=O)C(C)C. The molecule has 0 aromatic rings. The van der Waals surface area contributed by atoms with Gasteiger partial charge in [-0.1, -0.05) is 20.8 Å². The lowest BCUT2D eigenvalue weighted by atomic mass is 9.93. The molecule has 1 amide bonds. The Morgan fingerprint density at radius 2 is 1.82 bits per heavy atom. The van der Waals surface area contributed by atoms with Gasteiger partial charge in [-0.25, -0.2) is 0 Å². The van der Waals surface area contributed by atoms with Crippen LogP contribution in [-0.2, 0) is 9.59 Å². The Morgan fingerprint density at radius 1 is 1.36 bits per heavy atom. The lowest BCUT2D eigenvalue weighted by Gasteiger charge is -2.11. The van der Waals surface area contributed by atoms with Crippen LogP contribution in [0, 0.1) is 11.8 Å². The summed E-state index contributed by atoms with van der Waals surface area (Å²) in [6, 6.07) is 0. The third-order valence-electron chi connectivity index (χ3n) is 1.66. The second kappa shape index (κ2) is 4.11. The van der Waals surface area contributed by atoms with Crippen molar-refractivity contribution in [1.29, 1.82) is 0 Å². The molecule has 0 heterocycles. The van der Waals surface area contributed by atoms with E-state index in [1.807, 2.05) is 0 Å². The van der Waals surface area contributed by atoms with Crippen LogP contribution in [0.3, 0.4) is 0 Å². The maximum absolute atomic E-state index is 11.2. The lowest BCUT2D eigenvalue weighted by Crippen LogP contribution is -2.32. The molecule has 64 valence electrons. The van der Waals surface area contributed by atoms with Gasteiger partial charge in [0.1, 0.15) is 5.78 Å². The fourth-order valence-electron chi connectivity index (χ4n) is 0.945. The number of rotatable bonds is 4. The first kappa shape index (κ1) is 10.1. The molecule has 11 heavy (non-hydrogen) atoms. The number of ketones is 1. The van der Waals surface area contributed by atoms with E-state index in [0.717, 1.165) is 0 Å². The van der Waals surface area contributed by atoms with E-state index in [2.05, 4.69) is 0 Å². The van der Waals surface area contributed by atoms with Crippen molar-refractivity contribution in [3.63, 3.8) is 0 Å². The average Bonchev–Trinajstić information content (AvgIpc) is 1.88. The molecule has 0 saturated heterocycles. The fraction of sp³-hybridized carbons (Fsp3) is 0.750. The molecule has 1 atom stereocenters. The Balaban J connectivity index is 4.27. The molecule has 0 aliphatic heterocycles. The van der Waals surface area contributed by atoms with E-state index in [1.165, 1.54) is 0 Å². The summed E-state index contributed by atoms with van der Waals surface area (Å²) in [6.07, 6.45) is 0.506. The molecule has 0 aromatic heterocycles. The monoisotopic (exact) mass is 157 g/mol. The minimum Gasteiger partial charge on any atom is -0.369 e. The molecule has 3 heteroatoms. The summed E-state index contributed by atoms with van der Waals surface area (Å²) >= 11 is 0. The maximum atomic E-state index is 11.2. The summed E-state index contributed by atoms with van der Waals surface area (Å²) in [5.74, 6) is -1.26. The minimum atomic E-state index is -0.588. The summed E-state index contributed by atoms with van der Waals surface area (Å²) in [4.78, 5) is 21.9. The highest BCUT2D eigenvalue weighted by Gasteiger charge is 2.23. The van der Waals surface area contributed by atoms with E-state index in [4.69, 9.17) is 5.73 Å². The molecule has 0 radical (unpaired) electrons. The number of nitrogens with two attached hydrogens (primary N) is 1. The van der Waals surface area contributed by atoms with Gasteiger partial charge in [0.25, 0.3) is 0 Å². The van der Waals surface area contributed by atoms with E-state index < -0.39 is 11.8 Å². The zero-order chi connectivity index (χ0) is 9.02. The predicted molar refractivity (Wildman–Crippen MR) is 42.8 cm³/mol. The van der Waals surface area contributed by atoms with Gasteiger partial charge in [-0.2, -0.15) is 0 Å². The van der Waals surface area contributed by atoms with Crippen molar-refractivity contribution in [3.05, 3.63) is 0 Å². The van der Waals surface area contributed by atoms with Crippen LogP contribution in [0.2, 0.25) is 0 Å². The number of Topliss-reactive ketones (excluding diaryl/α,β-unsaturated/α-hetero) is 1. The van der Waals surface area contributed by atoms with Crippen molar-refractivity contribution in [2.45, 2.75) is 27.2 Å². The second-order valence-corrected chi connectivity index (χ2v) is 2.92. The first-order valence-electron chi connectivity index (χ1n) is 3.83. The molecule has 0 aliphatic rings. The van der Waals surface area contributed by atoms with E-state index >= 15 is 0 Å². The van der Waals surface area contributed by atoms with Crippen molar-refractivity contribution in [1.82, 2.24) is 0 Å². The standard InChI is InChI=1S/C8H15NO2/c1-4-6(8(9)11)7(10)5(2)3/h5-6H,4H2,1-3H3,(H2,9,11). The molecule has 0 aliphatic carbocycles. The van der Waals surface area contributed by atoms with Crippen LogP contribution in [0.4, 0.5) is 0 Å². The summed E-state index contributed by atoms with van der Waals surface area (Å²) in [7, 11) is 0. The summed E-state index contributed by atoms with van der Waals surface area (Å²) < 4.78 is 0. The quantitative estimate of drug-likeness (QED) is 0.611. The van der Waals surface area contributed by atoms with E-state index in [-0.39, 0.29) is 11.7 Å². The molecule has 2 N–H and O–H groups in total. The number of hydrogen-bond acceptors (Lipinski definition) is 2. The third kappa shape index (κ3) is 2.70. The average molecular weight is 157 g/mol. The number of primary amides is 1. The molecular formula is C8H15NO2. The fourth-order valence-corrected chi connectivity index (χ4v) is 0.945. The molecular weight excluding hydrogens is 142 g/mol.